The van der Waals surface area contributed by atoms with Crippen LogP contribution in [0.2, 0.25) is 0 Å². The number of benzene rings is 1. The molecule has 0 amide bonds. The molecule has 1 aromatic carbocycles. The lowest BCUT2D eigenvalue weighted by Gasteiger charge is -2.33. The molecule has 3 rings (SSSR count). The largest absolute Gasteiger partial charge is 0.454 e. The van der Waals surface area contributed by atoms with Crippen LogP contribution in [-0.2, 0) is 6.42 Å². The molecule has 7 heteroatoms. The molecule has 0 radical (unpaired) electrons. The lowest BCUT2D eigenvalue weighted by molar-refractivity contribution is 0.163. The van der Waals surface area contributed by atoms with Crippen molar-refractivity contribution in [3.8, 4) is 11.5 Å². The summed E-state index contributed by atoms with van der Waals surface area (Å²) >= 11 is 0. The van der Waals surface area contributed by atoms with E-state index in [0.717, 1.165) is 43.5 Å². The number of hydrogen-bond donors (Lipinski definition) is 2. The molecule has 0 bridgehead atoms. The Kier molecular flexibility index (Phi) is 8.77. The van der Waals surface area contributed by atoms with Crippen molar-refractivity contribution in [2.45, 2.75) is 38.6 Å². The fraction of sp³-hybridized carbons (Fsp3) is 0.632. The van der Waals surface area contributed by atoms with Gasteiger partial charge in [0.1, 0.15) is 0 Å². The van der Waals surface area contributed by atoms with Crippen LogP contribution in [0, 0.1) is 0 Å². The first-order valence-corrected chi connectivity index (χ1v) is 9.33. The van der Waals surface area contributed by atoms with Crippen LogP contribution >= 0.6 is 24.0 Å². The van der Waals surface area contributed by atoms with Crippen LogP contribution in [0.1, 0.15) is 31.7 Å². The van der Waals surface area contributed by atoms with E-state index in [1.54, 1.807) is 0 Å². The first-order chi connectivity index (χ1) is 12.3. The van der Waals surface area contributed by atoms with Crippen molar-refractivity contribution < 1.29 is 9.47 Å². The van der Waals surface area contributed by atoms with Gasteiger partial charge in [-0.2, -0.15) is 0 Å². The second-order valence-electron chi connectivity index (χ2n) is 6.74. The fourth-order valence-corrected chi connectivity index (χ4v) is 3.45. The van der Waals surface area contributed by atoms with Crippen molar-refractivity contribution in [2.24, 2.45) is 4.99 Å². The van der Waals surface area contributed by atoms with E-state index in [4.69, 9.17) is 9.47 Å². The Labute approximate surface area is 173 Å². The van der Waals surface area contributed by atoms with Gasteiger partial charge in [-0.05, 0) is 50.4 Å². The molecule has 1 aromatic rings. The summed E-state index contributed by atoms with van der Waals surface area (Å²) in [5.74, 6) is 2.54. The number of rotatable bonds is 6. The normalized spacial score (nSPS) is 19.8. The molecule has 2 heterocycles. The molecule has 6 nitrogen and oxygen atoms in total. The number of fused-ring (bicyclic) bond motifs is 1. The van der Waals surface area contributed by atoms with Crippen LogP contribution in [0.3, 0.4) is 0 Å². The van der Waals surface area contributed by atoms with Gasteiger partial charge in [0.2, 0.25) is 6.79 Å². The molecule has 1 atom stereocenters. The molecule has 0 saturated carbocycles. The molecule has 0 aromatic heterocycles. The summed E-state index contributed by atoms with van der Waals surface area (Å²) in [6.07, 6.45) is 4.93. The van der Waals surface area contributed by atoms with Gasteiger partial charge >= 0.3 is 0 Å². The van der Waals surface area contributed by atoms with Crippen LogP contribution in [-0.4, -0.2) is 56.9 Å². The maximum atomic E-state index is 5.42. The summed E-state index contributed by atoms with van der Waals surface area (Å²) in [5.41, 5.74) is 1.23. The van der Waals surface area contributed by atoms with E-state index in [0.29, 0.717) is 12.8 Å². The average molecular weight is 474 g/mol. The number of guanidine groups is 1. The molecule has 1 unspecified atom stereocenters. The SMILES string of the molecule is CN=C(NCCc1ccc2c(c1)OCO2)NCCN1CCCCC1C.I. The Balaban J connectivity index is 0.00000243. The third-order valence-electron chi connectivity index (χ3n) is 5.00. The zero-order chi connectivity index (χ0) is 17.5. The van der Waals surface area contributed by atoms with Crippen LogP contribution in [0.4, 0.5) is 0 Å². The Morgan fingerprint density at radius 1 is 1.19 bits per heavy atom. The second kappa shape index (κ2) is 10.8. The molecule has 0 spiro atoms. The third-order valence-corrected chi connectivity index (χ3v) is 5.00. The zero-order valence-corrected chi connectivity index (χ0v) is 18.1. The van der Waals surface area contributed by atoms with E-state index < -0.39 is 0 Å². The summed E-state index contributed by atoms with van der Waals surface area (Å²) < 4.78 is 10.8. The lowest BCUT2D eigenvalue weighted by atomic mass is 10.0. The third kappa shape index (κ3) is 5.90. The molecular weight excluding hydrogens is 443 g/mol. The molecule has 2 aliphatic heterocycles. The summed E-state index contributed by atoms with van der Waals surface area (Å²) in [7, 11) is 1.82. The minimum atomic E-state index is 0. The van der Waals surface area contributed by atoms with E-state index in [1.807, 2.05) is 13.1 Å². The Hall–Kier alpha value is -1.22. The van der Waals surface area contributed by atoms with Gasteiger partial charge in [0, 0.05) is 32.7 Å². The van der Waals surface area contributed by atoms with Gasteiger partial charge < -0.3 is 20.1 Å². The van der Waals surface area contributed by atoms with Gasteiger partial charge in [-0.1, -0.05) is 12.5 Å². The van der Waals surface area contributed by atoms with Crippen LogP contribution in [0.5, 0.6) is 11.5 Å². The Morgan fingerprint density at radius 2 is 2.00 bits per heavy atom. The predicted octanol–water partition coefficient (Wildman–Crippen LogP) is 2.62. The molecule has 1 fully saturated rings. The van der Waals surface area contributed by atoms with E-state index in [-0.39, 0.29) is 24.0 Å². The number of aliphatic imine (C=N–C) groups is 1. The van der Waals surface area contributed by atoms with Gasteiger partial charge in [0.15, 0.2) is 17.5 Å². The summed E-state index contributed by atoms with van der Waals surface area (Å²) in [6.45, 7) is 6.71. The van der Waals surface area contributed by atoms with Crippen molar-refractivity contribution in [1.29, 1.82) is 0 Å². The highest BCUT2D eigenvalue weighted by molar-refractivity contribution is 14.0. The van der Waals surface area contributed by atoms with Crippen molar-refractivity contribution in [3.05, 3.63) is 23.8 Å². The number of nitrogens with one attached hydrogen (secondary N) is 2. The first kappa shape index (κ1) is 21.1. The summed E-state index contributed by atoms with van der Waals surface area (Å²) in [6, 6.07) is 6.82. The van der Waals surface area contributed by atoms with Gasteiger partial charge in [-0.3, -0.25) is 9.89 Å². The van der Waals surface area contributed by atoms with Crippen LogP contribution in [0.25, 0.3) is 0 Å². The zero-order valence-electron chi connectivity index (χ0n) is 15.8. The molecule has 2 aliphatic rings. The highest BCUT2D eigenvalue weighted by Crippen LogP contribution is 2.32. The average Bonchev–Trinajstić information content (AvgIpc) is 3.09. The minimum absolute atomic E-state index is 0. The second-order valence-corrected chi connectivity index (χ2v) is 6.74. The lowest BCUT2D eigenvalue weighted by Crippen LogP contribution is -2.45. The highest BCUT2D eigenvalue weighted by Gasteiger charge is 2.17. The number of piperidine rings is 1. The summed E-state index contributed by atoms with van der Waals surface area (Å²) in [5, 5.41) is 6.80. The number of likely N-dealkylation sites (tertiary alicyclic amines) is 1. The topological polar surface area (TPSA) is 58.1 Å². The number of nitrogens with zero attached hydrogens (tertiary/aromatic N) is 2. The van der Waals surface area contributed by atoms with Gasteiger partial charge in [-0.25, -0.2) is 0 Å². The molecule has 1 saturated heterocycles. The van der Waals surface area contributed by atoms with Crippen LogP contribution < -0.4 is 20.1 Å². The quantitative estimate of drug-likeness (QED) is 0.377. The standard InChI is InChI=1S/C19H30N4O2.HI/c1-15-5-3-4-11-23(15)12-10-22-19(20-2)21-9-8-16-6-7-17-18(13-16)25-14-24-17;/h6-7,13,15H,3-5,8-12,14H2,1-2H3,(H2,20,21,22);1H. The van der Waals surface area contributed by atoms with E-state index >= 15 is 0 Å². The minimum Gasteiger partial charge on any atom is -0.454 e. The monoisotopic (exact) mass is 474 g/mol. The summed E-state index contributed by atoms with van der Waals surface area (Å²) in [4.78, 5) is 6.88. The van der Waals surface area contributed by atoms with Gasteiger partial charge in [0.25, 0.3) is 0 Å². The van der Waals surface area contributed by atoms with Crippen molar-refractivity contribution in [3.63, 3.8) is 0 Å². The van der Waals surface area contributed by atoms with Gasteiger partial charge in [-0.15, -0.1) is 24.0 Å². The van der Waals surface area contributed by atoms with Gasteiger partial charge in [0.05, 0.1) is 0 Å². The smallest absolute Gasteiger partial charge is 0.231 e. The van der Waals surface area contributed by atoms with Crippen molar-refractivity contribution in [2.75, 3.05) is 40.0 Å². The molecule has 2 N–H and O–H groups in total. The number of ether oxygens (including phenoxy) is 2. The van der Waals surface area contributed by atoms with Crippen molar-refractivity contribution in [1.82, 2.24) is 15.5 Å². The van der Waals surface area contributed by atoms with E-state index in [1.165, 1.54) is 31.4 Å². The maximum absolute atomic E-state index is 5.42. The predicted molar refractivity (Wildman–Crippen MR) is 116 cm³/mol. The molecule has 26 heavy (non-hydrogen) atoms. The number of halogens is 1. The van der Waals surface area contributed by atoms with E-state index in [9.17, 15) is 0 Å². The first-order valence-electron chi connectivity index (χ1n) is 9.33. The number of hydrogen-bond acceptors (Lipinski definition) is 4. The molecular formula is C19H31IN4O2. The Bertz CT molecular complexity index is 597. The molecule has 146 valence electrons. The Morgan fingerprint density at radius 3 is 2.81 bits per heavy atom. The highest BCUT2D eigenvalue weighted by atomic mass is 127. The van der Waals surface area contributed by atoms with Crippen molar-refractivity contribution >= 4 is 29.9 Å². The van der Waals surface area contributed by atoms with E-state index in [2.05, 4.69) is 39.6 Å². The fourth-order valence-electron chi connectivity index (χ4n) is 3.45. The maximum Gasteiger partial charge on any atom is 0.231 e. The molecule has 0 aliphatic carbocycles. The van der Waals surface area contributed by atoms with Crippen LogP contribution in [0.15, 0.2) is 23.2 Å².